The van der Waals surface area contributed by atoms with Crippen LogP contribution in [0.1, 0.15) is 37.6 Å². The molecule has 1 unspecified atom stereocenters. The van der Waals surface area contributed by atoms with E-state index in [0.29, 0.717) is 0 Å². The van der Waals surface area contributed by atoms with Gasteiger partial charge in [0.1, 0.15) is 23.3 Å². The van der Waals surface area contributed by atoms with Crippen LogP contribution in [-0.2, 0) is 9.53 Å². The molecular formula is C14H17F2NO3. The first-order chi connectivity index (χ1) is 9.11. The lowest BCUT2D eigenvalue weighted by atomic mass is 10.0. The highest BCUT2D eigenvalue weighted by atomic mass is 19.1. The van der Waals surface area contributed by atoms with Gasteiger partial charge in [0, 0.05) is 6.42 Å². The summed E-state index contributed by atoms with van der Waals surface area (Å²) in [6, 6.07) is 1.82. The zero-order valence-corrected chi connectivity index (χ0v) is 11.6. The van der Waals surface area contributed by atoms with Crippen LogP contribution in [-0.4, -0.2) is 23.4 Å². The number of carbonyl (C=O) groups is 2. The maximum Gasteiger partial charge on any atom is 0.323 e. The standard InChI is InChI=1S/C14H17F2NO3/c1-14(2,3)20-13(19)10(17)7-11(18)12-8(15)5-4-6-9(12)16/h4-6,10H,7,17H2,1-3H3. The Morgan fingerprint density at radius 2 is 1.75 bits per heavy atom. The van der Waals surface area contributed by atoms with Gasteiger partial charge in [0.2, 0.25) is 0 Å². The van der Waals surface area contributed by atoms with E-state index in [4.69, 9.17) is 10.5 Å². The summed E-state index contributed by atoms with van der Waals surface area (Å²) in [6.45, 7) is 4.95. The first kappa shape index (κ1) is 16.2. The topological polar surface area (TPSA) is 69.4 Å². The first-order valence-electron chi connectivity index (χ1n) is 6.07. The van der Waals surface area contributed by atoms with E-state index in [2.05, 4.69) is 0 Å². The summed E-state index contributed by atoms with van der Waals surface area (Å²) in [6.07, 6.45) is -0.521. The van der Waals surface area contributed by atoms with Gasteiger partial charge >= 0.3 is 5.97 Å². The molecular weight excluding hydrogens is 268 g/mol. The molecule has 2 N–H and O–H groups in total. The molecule has 0 bridgehead atoms. The van der Waals surface area contributed by atoms with E-state index in [1.165, 1.54) is 0 Å². The monoisotopic (exact) mass is 285 g/mol. The zero-order valence-electron chi connectivity index (χ0n) is 11.6. The Labute approximate surface area is 115 Å². The molecule has 110 valence electrons. The van der Waals surface area contributed by atoms with E-state index >= 15 is 0 Å². The number of hydrogen-bond acceptors (Lipinski definition) is 4. The van der Waals surface area contributed by atoms with Crippen LogP contribution in [0.2, 0.25) is 0 Å². The Balaban J connectivity index is 2.78. The number of ketones is 1. The van der Waals surface area contributed by atoms with Crippen LogP contribution in [0.5, 0.6) is 0 Å². The number of hydrogen-bond donors (Lipinski definition) is 1. The second kappa shape index (κ2) is 6.09. The average molecular weight is 285 g/mol. The van der Waals surface area contributed by atoms with Gasteiger partial charge < -0.3 is 10.5 Å². The minimum Gasteiger partial charge on any atom is -0.459 e. The predicted molar refractivity (Wildman–Crippen MR) is 69.1 cm³/mol. The lowest BCUT2D eigenvalue weighted by molar-refractivity contribution is -0.156. The summed E-state index contributed by atoms with van der Waals surface area (Å²) in [4.78, 5) is 23.4. The summed E-state index contributed by atoms with van der Waals surface area (Å²) in [5, 5.41) is 0. The fourth-order valence-electron chi connectivity index (χ4n) is 1.53. The fraction of sp³-hybridized carbons (Fsp3) is 0.429. The predicted octanol–water partition coefficient (Wildman–Crippen LogP) is 2.21. The fourth-order valence-corrected chi connectivity index (χ4v) is 1.53. The van der Waals surface area contributed by atoms with Crippen molar-refractivity contribution in [1.82, 2.24) is 0 Å². The molecule has 0 spiro atoms. The van der Waals surface area contributed by atoms with Gasteiger partial charge in [-0.3, -0.25) is 9.59 Å². The molecule has 0 saturated heterocycles. The normalized spacial score (nSPS) is 12.9. The van der Waals surface area contributed by atoms with E-state index in [-0.39, 0.29) is 0 Å². The van der Waals surface area contributed by atoms with Crippen LogP contribution in [0.4, 0.5) is 8.78 Å². The lowest BCUT2D eigenvalue weighted by Crippen LogP contribution is -2.39. The highest BCUT2D eigenvalue weighted by Crippen LogP contribution is 2.16. The van der Waals surface area contributed by atoms with Gasteiger partial charge in [-0.15, -0.1) is 0 Å². The van der Waals surface area contributed by atoms with Crippen LogP contribution in [0, 0.1) is 11.6 Å². The van der Waals surface area contributed by atoms with E-state index in [0.717, 1.165) is 18.2 Å². The summed E-state index contributed by atoms with van der Waals surface area (Å²) < 4.78 is 31.8. The first-order valence-corrected chi connectivity index (χ1v) is 6.07. The maximum atomic E-state index is 13.4. The lowest BCUT2D eigenvalue weighted by Gasteiger charge is -2.22. The molecule has 0 aromatic heterocycles. The molecule has 0 aliphatic heterocycles. The van der Waals surface area contributed by atoms with Crippen molar-refractivity contribution in [3.05, 3.63) is 35.4 Å². The van der Waals surface area contributed by atoms with E-state index < -0.39 is 47.0 Å². The summed E-state index contributed by atoms with van der Waals surface area (Å²) in [5.41, 5.74) is 4.09. The number of benzene rings is 1. The van der Waals surface area contributed by atoms with Crippen molar-refractivity contribution in [3.63, 3.8) is 0 Å². The molecule has 1 aromatic carbocycles. The second-order valence-electron chi connectivity index (χ2n) is 5.36. The third-order valence-electron chi connectivity index (χ3n) is 2.36. The van der Waals surface area contributed by atoms with E-state index in [9.17, 15) is 18.4 Å². The minimum absolute atomic E-state index is 0.521. The minimum atomic E-state index is -1.26. The molecule has 0 saturated carbocycles. The van der Waals surface area contributed by atoms with Crippen molar-refractivity contribution in [2.75, 3.05) is 0 Å². The molecule has 4 nitrogen and oxygen atoms in total. The van der Waals surface area contributed by atoms with Crippen LogP contribution < -0.4 is 5.73 Å². The molecule has 0 heterocycles. The Hall–Kier alpha value is -1.82. The Morgan fingerprint density at radius 1 is 1.25 bits per heavy atom. The van der Waals surface area contributed by atoms with Gasteiger partial charge in [-0.1, -0.05) is 6.07 Å². The Kier molecular flexibility index (Phi) is 4.94. The SMILES string of the molecule is CC(C)(C)OC(=O)C(N)CC(=O)c1c(F)cccc1F. The summed E-state index contributed by atoms with van der Waals surface area (Å²) in [7, 11) is 0. The van der Waals surface area contributed by atoms with Gasteiger partial charge in [0.15, 0.2) is 5.78 Å². The molecule has 0 aliphatic carbocycles. The smallest absolute Gasteiger partial charge is 0.323 e. The van der Waals surface area contributed by atoms with Gasteiger partial charge in [-0.2, -0.15) is 0 Å². The average Bonchev–Trinajstić information content (AvgIpc) is 2.26. The molecule has 20 heavy (non-hydrogen) atoms. The van der Waals surface area contributed by atoms with Crippen LogP contribution in [0.25, 0.3) is 0 Å². The van der Waals surface area contributed by atoms with Gasteiger partial charge in [0.05, 0.1) is 5.56 Å². The third-order valence-corrected chi connectivity index (χ3v) is 2.36. The van der Waals surface area contributed by atoms with Crippen molar-refractivity contribution in [2.24, 2.45) is 5.73 Å². The second-order valence-corrected chi connectivity index (χ2v) is 5.36. The van der Waals surface area contributed by atoms with E-state index in [1.54, 1.807) is 20.8 Å². The molecule has 0 fully saturated rings. The maximum absolute atomic E-state index is 13.4. The number of halogens is 2. The number of rotatable bonds is 4. The molecule has 1 aromatic rings. The van der Waals surface area contributed by atoms with Crippen LogP contribution in [0.3, 0.4) is 0 Å². The van der Waals surface area contributed by atoms with Gasteiger partial charge in [-0.25, -0.2) is 8.78 Å². The quantitative estimate of drug-likeness (QED) is 0.680. The number of Topliss-reactive ketones (excluding diaryl/α,β-unsaturated/α-hetero) is 1. The molecule has 0 amide bonds. The zero-order chi connectivity index (χ0) is 15.5. The Bertz CT molecular complexity index is 503. The number of carbonyl (C=O) groups excluding carboxylic acids is 2. The molecule has 0 aliphatic rings. The van der Waals surface area contributed by atoms with Gasteiger partial charge in [0.25, 0.3) is 0 Å². The highest BCUT2D eigenvalue weighted by Gasteiger charge is 2.26. The number of ether oxygens (including phenoxy) is 1. The highest BCUT2D eigenvalue weighted by molar-refractivity contribution is 5.99. The van der Waals surface area contributed by atoms with Crippen molar-refractivity contribution in [2.45, 2.75) is 38.8 Å². The van der Waals surface area contributed by atoms with Crippen molar-refractivity contribution >= 4 is 11.8 Å². The summed E-state index contributed by atoms with van der Waals surface area (Å²) in [5.74, 6) is -3.63. The van der Waals surface area contributed by atoms with Crippen molar-refractivity contribution in [1.29, 1.82) is 0 Å². The number of esters is 1. The van der Waals surface area contributed by atoms with Crippen LogP contribution >= 0.6 is 0 Å². The largest absolute Gasteiger partial charge is 0.459 e. The van der Waals surface area contributed by atoms with Crippen molar-refractivity contribution in [3.8, 4) is 0 Å². The third kappa shape index (κ3) is 4.38. The number of nitrogens with two attached hydrogens (primary N) is 1. The molecule has 1 rings (SSSR count). The Morgan fingerprint density at radius 3 is 2.20 bits per heavy atom. The van der Waals surface area contributed by atoms with E-state index in [1.807, 2.05) is 0 Å². The molecule has 6 heteroatoms. The van der Waals surface area contributed by atoms with Crippen LogP contribution in [0.15, 0.2) is 18.2 Å². The van der Waals surface area contributed by atoms with Crippen molar-refractivity contribution < 1.29 is 23.1 Å². The molecule has 1 atom stereocenters. The van der Waals surface area contributed by atoms with Gasteiger partial charge in [-0.05, 0) is 32.9 Å². The molecule has 0 radical (unpaired) electrons. The summed E-state index contributed by atoms with van der Waals surface area (Å²) >= 11 is 0.